The molecule has 13 heteroatoms. The Morgan fingerprint density at radius 3 is 2.51 bits per heavy atom. The van der Waals surface area contributed by atoms with Crippen LogP contribution in [0.15, 0.2) is 69.9 Å². The second-order valence-corrected chi connectivity index (χ2v) is 18.9. The van der Waals surface area contributed by atoms with E-state index in [2.05, 4.69) is 80.2 Å². The Kier molecular flexibility index (Phi) is 9.94. The third kappa shape index (κ3) is 5.42. The molecule has 0 amide bonds. The standard InChI is InChI=1S/C46H57BrN4O8/c1-8-27-19-28-23-45(41(53)57-6,37-30(13-17-50(24-27)25-28)31-20-29(47)11-12-34(31)48-37)33-21-32-35(22-36(33)56-5)49(4)39-44(32)15-18-51-16-10-14-43(9-2,38(44)51)40(59-26(3)52)46(39,55)42(54)58-7/h10-12,14,19-22,28,33,36,38-40,48,55H,8-9,13,15-18,23-25H2,1-7H3/t28-,33?,36?,38+,39-,40-,43-,44-,45+,46+/m1/s1. The lowest BCUT2D eigenvalue weighted by molar-refractivity contribution is -0.243. The number of rotatable bonds is 7. The summed E-state index contributed by atoms with van der Waals surface area (Å²) < 4.78 is 25.2. The van der Waals surface area contributed by atoms with Gasteiger partial charge in [-0.3, -0.25) is 19.4 Å². The summed E-state index contributed by atoms with van der Waals surface area (Å²) >= 11 is 3.74. The fourth-order valence-corrected chi connectivity index (χ4v) is 13.9. The van der Waals surface area contributed by atoms with Gasteiger partial charge in [-0.2, -0.15) is 0 Å². The number of allylic oxidation sites excluding steroid dienone is 1. The van der Waals surface area contributed by atoms with Crippen LogP contribution in [-0.4, -0.2) is 134 Å². The van der Waals surface area contributed by atoms with E-state index in [0.717, 1.165) is 70.4 Å². The average Bonchev–Trinajstić information content (AvgIpc) is 3.89. The molecule has 0 radical (unpaired) electrons. The molecule has 1 aromatic heterocycles. The number of aliphatic hydroxyl groups is 1. The summed E-state index contributed by atoms with van der Waals surface area (Å²) in [5, 5.41) is 14.4. The van der Waals surface area contributed by atoms with Gasteiger partial charge in [-0.1, -0.05) is 59.7 Å². The van der Waals surface area contributed by atoms with Gasteiger partial charge in [0.2, 0.25) is 5.60 Å². The number of halogens is 1. The lowest BCUT2D eigenvalue weighted by Crippen LogP contribution is -2.79. The number of nitrogens with zero attached hydrogens (tertiary/aromatic N) is 3. The first-order valence-electron chi connectivity index (χ1n) is 21.2. The molecular weight excluding hydrogens is 816 g/mol. The second kappa shape index (κ2) is 14.4. The van der Waals surface area contributed by atoms with Crippen molar-refractivity contribution >= 4 is 44.7 Å². The molecule has 316 valence electrons. The van der Waals surface area contributed by atoms with Gasteiger partial charge in [0.1, 0.15) is 5.41 Å². The number of carbonyl (C=O) groups is 3. The van der Waals surface area contributed by atoms with E-state index in [1.165, 1.54) is 26.7 Å². The quantitative estimate of drug-likeness (QED) is 0.216. The van der Waals surface area contributed by atoms with Crippen molar-refractivity contribution in [1.82, 2.24) is 19.7 Å². The third-order valence-corrected chi connectivity index (χ3v) is 16.0. The topological polar surface area (TPSA) is 134 Å². The Morgan fingerprint density at radius 2 is 1.81 bits per heavy atom. The van der Waals surface area contributed by atoms with Gasteiger partial charge in [-0.25, -0.2) is 4.79 Å². The normalized spacial score (nSPS) is 38.4. The second-order valence-electron chi connectivity index (χ2n) is 18.0. The Balaban J connectivity index is 1.34. The van der Waals surface area contributed by atoms with Gasteiger partial charge >= 0.3 is 17.9 Å². The highest BCUT2D eigenvalue weighted by Gasteiger charge is 2.81. The molecule has 1 saturated carbocycles. The molecule has 3 unspecified atom stereocenters. The largest absolute Gasteiger partial charge is 0.468 e. The first-order valence-corrected chi connectivity index (χ1v) is 22.0. The molecule has 11 atom stereocenters. The Hall–Kier alpha value is -3.75. The van der Waals surface area contributed by atoms with Crippen molar-refractivity contribution in [2.75, 3.05) is 61.1 Å². The van der Waals surface area contributed by atoms with Crippen LogP contribution >= 0.6 is 15.9 Å². The molecule has 2 aliphatic carbocycles. The summed E-state index contributed by atoms with van der Waals surface area (Å²) in [6.45, 7) is 9.49. The minimum atomic E-state index is -2.26. The number of hydrogen-bond acceptors (Lipinski definition) is 11. The number of fused-ring (bicyclic) bond motifs is 6. The molecule has 6 heterocycles. The van der Waals surface area contributed by atoms with Crippen LogP contribution in [0.3, 0.4) is 0 Å². The smallest absolute Gasteiger partial charge is 0.344 e. The van der Waals surface area contributed by atoms with E-state index in [1.54, 1.807) is 7.11 Å². The highest BCUT2D eigenvalue weighted by atomic mass is 79.9. The third-order valence-electron chi connectivity index (χ3n) is 15.5. The van der Waals surface area contributed by atoms with E-state index >= 15 is 4.79 Å². The zero-order chi connectivity index (χ0) is 41.8. The maximum atomic E-state index is 15.4. The van der Waals surface area contributed by atoms with Crippen LogP contribution in [0.25, 0.3) is 10.9 Å². The number of nitrogens with one attached hydrogen (secondary N) is 1. The SMILES string of the molecule is CCC1=C[C@H]2CN(CCc3c([nH]c4ccc(Br)cc34)[C@@](C(=O)OC)(C3C=C4C(=CC3OC)N(C)[C@H]3[C@@](O)(C(=O)OC)[C@H](OC(C)=O)[C@]5(CC)C=CCN6CC[C@]43[C@@H]65)C2)C1. The molecule has 59 heavy (non-hydrogen) atoms. The predicted octanol–water partition coefficient (Wildman–Crippen LogP) is 5.20. The summed E-state index contributed by atoms with van der Waals surface area (Å²) in [5.41, 5.74) is 0.736. The number of H-pyrrole nitrogens is 1. The number of methoxy groups -OCH3 is 3. The molecule has 12 nitrogen and oxygen atoms in total. The number of aromatic amines is 1. The Bertz CT molecular complexity index is 2230. The lowest BCUT2D eigenvalue weighted by Gasteiger charge is -2.63. The van der Waals surface area contributed by atoms with Crippen LogP contribution in [0.5, 0.6) is 0 Å². The van der Waals surface area contributed by atoms with Gasteiger partial charge in [-0.15, -0.1) is 0 Å². The Labute approximate surface area is 354 Å². The fourth-order valence-electron chi connectivity index (χ4n) is 13.5. The average molecular weight is 874 g/mol. The minimum Gasteiger partial charge on any atom is -0.468 e. The van der Waals surface area contributed by atoms with Crippen molar-refractivity contribution in [3.63, 3.8) is 0 Å². The van der Waals surface area contributed by atoms with E-state index in [-0.39, 0.29) is 17.9 Å². The van der Waals surface area contributed by atoms with Crippen LogP contribution < -0.4 is 0 Å². The fraction of sp³-hybridized carbons (Fsp3) is 0.587. The molecule has 3 fully saturated rings. The highest BCUT2D eigenvalue weighted by Crippen LogP contribution is 2.70. The van der Waals surface area contributed by atoms with E-state index in [0.29, 0.717) is 32.4 Å². The van der Waals surface area contributed by atoms with Gasteiger partial charge in [0.05, 0.1) is 26.4 Å². The highest BCUT2D eigenvalue weighted by molar-refractivity contribution is 9.10. The molecule has 2 aromatic rings. The summed E-state index contributed by atoms with van der Waals surface area (Å²) in [5.74, 6) is -2.29. The molecule has 1 aromatic carbocycles. The number of likely N-dealkylation sites (tertiary alicyclic amines) is 1. The number of likely N-dealkylation sites (N-methyl/N-ethyl adjacent to an activating group) is 1. The van der Waals surface area contributed by atoms with Crippen LogP contribution in [-0.2, 0) is 45.2 Å². The first kappa shape index (κ1) is 40.6. The Morgan fingerprint density at radius 1 is 1.03 bits per heavy atom. The number of benzene rings is 1. The number of ether oxygens (including phenoxy) is 4. The van der Waals surface area contributed by atoms with E-state index < -0.39 is 58.0 Å². The molecule has 2 saturated heterocycles. The lowest BCUT2D eigenvalue weighted by atomic mass is 9.47. The molecule has 7 aliphatic rings. The van der Waals surface area contributed by atoms with Crippen molar-refractivity contribution in [2.45, 2.75) is 88.2 Å². The zero-order valence-electron chi connectivity index (χ0n) is 35.2. The molecule has 9 rings (SSSR count). The minimum absolute atomic E-state index is 0.0436. The number of carbonyl (C=O) groups excluding carboxylic acids is 3. The molecule has 2 N–H and O–H groups in total. The van der Waals surface area contributed by atoms with Crippen molar-refractivity contribution in [3.05, 3.63) is 81.2 Å². The van der Waals surface area contributed by atoms with E-state index in [1.807, 2.05) is 24.9 Å². The molecular formula is C46H57BrN4O8. The van der Waals surface area contributed by atoms with Gasteiger partial charge in [0.15, 0.2) is 6.10 Å². The molecule has 5 aliphatic heterocycles. The first-order chi connectivity index (χ1) is 28.3. The van der Waals surface area contributed by atoms with Gasteiger partial charge in [0, 0.05) is 96.8 Å². The van der Waals surface area contributed by atoms with Gasteiger partial charge in [0.25, 0.3) is 0 Å². The van der Waals surface area contributed by atoms with E-state index in [4.69, 9.17) is 18.9 Å². The maximum absolute atomic E-state index is 15.4. The maximum Gasteiger partial charge on any atom is 0.344 e. The van der Waals surface area contributed by atoms with Crippen molar-refractivity contribution < 1.29 is 38.4 Å². The summed E-state index contributed by atoms with van der Waals surface area (Å²) in [7, 11) is 6.35. The van der Waals surface area contributed by atoms with Crippen molar-refractivity contribution in [3.8, 4) is 0 Å². The van der Waals surface area contributed by atoms with Crippen molar-refractivity contribution in [2.24, 2.45) is 22.7 Å². The molecule has 2 bridgehead atoms. The van der Waals surface area contributed by atoms with Crippen LogP contribution in [0.1, 0.15) is 57.7 Å². The zero-order valence-corrected chi connectivity index (χ0v) is 36.8. The van der Waals surface area contributed by atoms with Crippen LogP contribution in [0.2, 0.25) is 0 Å². The van der Waals surface area contributed by atoms with E-state index in [9.17, 15) is 14.7 Å². The summed E-state index contributed by atoms with van der Waals surface area (Å²) in [6, 6.07) is 5.10. The van der Waals surface area contributed by atoms with Crippen LogP contribution in [0, 0.1) is 22.7 Å². The van der Waals surface area contributed by atoms with Gasteiger partial charge < -0.3 is 33.9 Å². The number of aromatic nitrogens is 1. The molecule has 1 spiro atoms. The predicted molar refractivity (Wildman–Crippen MR) is 225 cm³/mol. The number of hydrogen-bond donors (Lipinski definition) is 2. The monoisotopic (exact) mass is 872 g/mol. The van der Waals surface area contributed by atoms with Gasteiger partial charge in [-0.05, 0) is 80.0 Å². The number of esters is 3. The summed E-state index contributed by atoms with van der Waals surface area (Å²) in [4.78, 5) is 53.6. The summed E-state index contributed by atoms with van der Waals surface area (Å²) in [6.07, 6.45) is 12.3. The van der Waals surface area contributed by atoms with Crippen molar-refractivity contribution in [1.29, 1.82) is 0 Å². The van der Waals surface area contributed by atoms with Crippen LogP contribution in [0.4, 0.5) is 0 Å².